The van der Waals surface area contributed by atoms with E-state index in [-0.39, 0.29) is 0 Å². The van der Waals surface area contributed by atoms with Crippen molar-refractivity contribution in [1.29, 1.82) is 0 Å². The Labute approximate surface area is 115 Å². The summed E-state index contributed by atoms with van der Waals surface area (Å²) in [5.74, 6) is 0.524. The van der Waals surface area contributed by atoms with Crippen molar-refractivity contribution in [2.45, 2.75) is 38.0 Å². The lowest BCUT2D eigenvalue weighted by Gasteiger charge is -2.31. The van der Waals surface area contributed by atoms with Crippen LogP contribution in [0.25, 0.3) is 0 Å². The van der Waals surface area contributed by atoms with Crippen LogP contribution >= 0.6 is 0 Å². The van der Waals surface area contributed by atoms with Crippen molar-refractivity contribution in [1.82, 2.24) is 4.31 Å². The second kappa shape index (κ2) is 5.51. The van der Waals surface area contributed by atoms with E-state index in [0.29, 0.717) is 35.2 Å². The van der Waals surface area contributed by atoms with Crippen LogP contribution in [-0.2, 0) is 10.0 Å². The predicted molar refractivity (Wildman–Crippen MR) is 77.4 cm³/mol. The van der Waals surface area contributed by atoms with Crippen molar-refractivity contribution in [2.75, 3.05) is 18.8 Å². The number of hydrogen-bond donors (Lipinski definition) is 1. The Bertz CT molecular complexity index is 551. The molecule has 1 aliphatic carbocycles. The summed E-state index contributed by atoms with van der Waals surface area (Å²) < 4.78 is 26.9. The van der Waals surface area contributed by atoms with Gasteiger partial charge in [0.05, 0.1) is 4.90 Å². The summed E-state index contributed by atoms with van der Waals surface area (Å²) in [6, 6.07) is 5.08. The third kappa shape index (κ3) is 2.77. The van der Waals surface area contributed by atoms with E-state index in [1.54, 1.807) is 29.4 Å². The van der Waals surface area contributed by atoms with Crippen LogP contribution in [0, 0.1) is 12.8 Å². The van der Waals surface area contributed by atoms with Gasteiger partial charge in [-0.25, -0.2) is 8.42 Å². The molecule has 0 spiro atoms. The number of rotatable bonds is 5. The Morgan fingerprint density at radius 2 is 2.05 bits per heavy atom. The summed E-state index contributed by atoms with van der Waals surface area (Å²) in [5.41, 5.74) is 6.99. The van der Waals surface area contributed by atoms with Gasteiger partial charge >= 0.3 is 0 Å². The van der Waals surface area contributed by atoms with E-state index in [1.807, 2.05) is 6.92 Å². The summed E-state index contributed by atoms with van der Waals surface area (Å²) in [6.07, 6.45) is 3.50. The molecule has 0 aliphatic heterocycles. The van der Waals surface area contributed by atoms with Gasteiger partial charge in [0.25, 0.3) is 0 Å². The monoisotopic (exact) mass is 282 g/mol. The molecule has 0 amide bonds. The lowest BCUT2D eigenvalue weighted by Crippen LogP contribution is -2.37. The van der Waals surface area contributed by atoms with Crippen molar-refractivity contribution >= 4 is 15.7 Å². The number of nitrogens with zero attached hydrogens (tertiary/aromatic N) is 1. The third-order valence-electron chi connectivity index (χ3n) is 3.98. The van der Waals surface area contributed by atoms with Crippen LogP contribution in [0.15, 0.2) is 23.1 Å². The van der Waals surface area contributed by atoms with Crippen molar-refractivity contribution in [3.8, 4) is 0 Å². The molecule has 5 heteroatoms. The molecule has 1 fully saturated rings. The highest BCUT2D eigenvalue weighted by Gasteiger charge is 2.29. The summed E-state index contributed by atoms with van der Waals surface area (Å²) in [7, 11) is -3.42. The summed E-state index contributed by atoms with van der Waals surface area (Å²) >= 11 is 0. The molecule has 4 nitrogen and oxygen atoms in total. The van der Waals surface area contributed by atoms with E-state index in [0.717, 1.165) is 12.8 Å². The molecule has 0 bridgehead atoms. The molecule has 0 aromatic heterocycles. The van der Waals surface area contributed by atoms with Crippen molar-refractivity contribution in [3.63, 3.8) is 0 Å². The summed E-state index contributed by atoms with van der Waals surface area (Å²) in [6.45, 7) is 4.79. The van der Waals surface area contributed by atoms with Crippen LogP contribution in [0.4, 0.5) is 5.69 Å². The zero-order chi connectivity index (χ0) is 14.0. The van der Waals surface area contributed by atoms with Gasteiger partial charge in [0.1, 0.15) is 0 Å². The molecule has 1 saturated carbocycles. The molecule has 0 radical (unpaired) electrons. The predicted octanol–water partition coefficient (Wildman–Crippen LogP) is 2.39. The maximum absolute atomic E-state index is 12.7. The van der Waals surface area contributed by atoms with Crippen LogP contribution in [0.2, 0.25) is 0 Å². The van der Waals surface area contributed by atoms with Gasteiger partial charge in [-0.1, -0.05) is 19.4 Å². The molecule has 0 heterocycles. The Morgan fingerprint density at radius 1 is 1.37 bits per heavy atom. The van der Waals surface area contributed by atoms with E-state index in [9.17, 15) is 8.42 Å². The highest BCUT2D eigenvalue weighted by molar-refractivity contribution is 7.89. The Morgan fingerprint density at radius 3 is 2.58 bits per heavy atom. The third-order valence-corrected chi connectivity index (χ3v) is 6.07. The summed E-state index contributed by atoms with van der Waals surface area (Å²) in [4.78, 5) is 0.341. The fourth-order valence-electron chi connectivity index (χ4n) is 2.41. The van der Waals surface area contributed by atoms with Gasteiger partial charge < -0.3 is 5.73 Å². The highest BCUT2D eigenvalue weighted by atomic mass is 32.2. The Kier molecular flexibility index (Phi) is 4.16. The van der Waals surface area contributed by atoms with Crippen LogP contribution in [0.5, 0.6) is 0 Å². The van der Waals surface area contributed by atoms with Gasteiger partial charge in [0, 0.05) is 18.8 Å². The smallest absolute Gasteiger partial charge is 0.243 e. The molecule has 19 heavy (non-hydrogen) atoms. The van der Waals surface area contributed by atoms with E-state index in [2.05, 4.69) is 0 Å². The minimum absolute atomic E-state index is 0.341. The Hall–Kier alpha value is -1.07. The van der Waals surface area contributed by atoms with Crippen LogP contribution in [0.3, 0.4) is 0 Å². The van der Waals surface area contributed by atoms with Gasteiger partial charge in [0.2, 0.25) is 10.0 Å². The van der Waals surface area contributed by atoms with Crippen molar-refractivity contribution in [2.24, 2.45) is 5.92 Å². The molecule has 0 atom stereocenters. The molecular weight excluding hydrogens is 260 g/mol. The number of anilines is 1. The average Bonchev–Trinajstić information content (AvgIpc) is 2.30. The fraction of sp³-hybridized carbons (Fsp3) is 0.571. The zero-order valence-corrected chi connectivity index (χ0v) is 12.4. The second-order valence-corrected chi connectivity index (χ2v) is 7.13. The number of nitrogen functional groups attached to an aromatic ring is 1. The van der Waals surface area contributed by atoms with Crippen molar-refractivity contribution in [3.05, 3.63) is 23.8 Å². The van der Waals surface area contributed by atoms with E-state index in [4.69, 9.17) is 5.73 Å². The molecule has 106 valence electrons. The highest BCUT2D eigenvalue weighted by Crippen LogP contribution is 2.30. The molecular formula is C14H22N2O2S. The zero-order valence-electron chi connectivity index (χ0n) is 11.6. The van der Waals surface area contributed by atoms with Gasteiger partial charge in [-0.2, -0.15) is 4.31 Å². The van der Waals surface area contributed by atoms with Gasteiger partial charge in [-0.15, -0.1) is 0 Å². The lowest BCUT2D eigenvalue weighted by atomic mass is 9.85. The maximum Gasteiger partial charge on any atom is 0.243 e. The largest absolute Gasteiger partial charge is 0.398 e. The molecule has 2 rings (SSSR count). The topological polar surface area (TPSA) is 63.4 Å². The van der Waals surface area contributed by atoms with Crippen molar-refractivity contribution < 1.29 is 8.42 Å². The SMILES string of the molecule is CCN(CC1CCC1)S(=O)(=O)c1cccc(N)c1C. The van der Waals surface area contributed by atoms with E-state index >= 15 is 0 Å². The molecule has 1 aromatic carbocycles. The van der Waals surface area contributed by atoms with Crippen LogP contribution < -0.4 is 5.73 Å². The minimum Gasteiger partial charge on any atom is -0.398 e. The minimum atomic E-state index is -3.42. The average molecular weight is 282 g/mol. The Balaban J connectivity index is 2.30. The van der Waals surface area contributed by atoms with Gasteiger partial charge in [-0.05, 0) is 43.4 Å². The second-order valence-electron chi connectivity index (χ2n) is 5.22. The van der Waals surface area contributed by atoms with Gasteiger partial charge in [0.15, 0.2) is 0 Å². The standard InChI is InChI=1S/C14H22N2O2S/c1-3-16(10-12-6-4-7-12)19(17,18)14-9-5-8-13(15)11(14)2/h5,8-9,12H,3-4,6-7,10,15H2,1-2H3. The molecule has 1 aliphatic rings. The first-order valence-electron chi connectivity index (χ1n) is 6.82. The molecule has 0 saturated heterocycles. The number of sulfonamides is 1. The molecule has 2 N–H and O–H groups in total. The normalized spacial score (nSPS) is 16.6. The number of nitrogens with two attached hydrogens (primary N) is 1. The lowest BCUT2D eigenvalue weighted by molar-refractivity contribution is 0.250. The number of benzene rings is 1. The van der Waals surface area contributed by atoms with E-state index < -0.39 is 10.0 Å². The summed E-state index contributed by atoms with van der Waals surface area (Å²) in [5, 5.41) is 0. The van der Waals surface area contributed by atoms with Gasteiger partial charge in [-0.3, -0.25) is 0 Å². The van der Waals surface area contributed by atoms with E-state index in [1.165, 1.54) is 6.42 Å². The number of hydrogen-bond acceptors (Lipinski definition) is 3. The van der Waals surface area contributed by atoms with Crippen LogP contribution in [-0.4, -0.2) is 25.8 Å². The fourth-order valence-corrected chi connectivity index (χ4v) is 4.19. The van der Waals surface area contributed by atoms with Crippen LogP contribution in [0.1, 0.15) is 31.7 Å². The quantitative estimate of drug-likeness (QED) is 0.843. The first-order chi connectivity index (χ1) is 8.96. The maximum atomic E-state index is 12.7. The first-order valence-corrected chi connectivity index (χ1v) is 8.26. The molecule has 0 unspecified atom stereocenters. The first kappa shape index (κ1) is 14.3. The molecule has 1 aromatic rings.